The Hall–Kier alpha value is -1.96. The van der Waals surface area contributed by atoms with Gasteiger partial charge in [0.05, 0.1) is 22.8 Å². The number of nitrogen functional groups attached to an aromatic ring is 1. The third kappa shape index (κ3) is 3.63. The van der Waals surface area contributed by atoms with Crippen LogP contribution in [0.25, 0.3) is 10.6 Å². The molecule has 0 radical (unpaired) electrons. The molecule has 1 spiro atoms. The van der Waals surface area contributed by atoms with Crippen LogP contribution in [0.4, 0.5) is 5.82 Å². The summed E-state index contributed by atoms with van der Waals surface area (Å²) in [6.07, 6.45) is 4.66. The summed E-state index contributed by atoms with van der Waals surface area (Å²) in [5.41, 5.74) is 7.88. The van der Waals surface area contributed by atoms with Gasteiger partial charge in [0.25, 0.3) is 0 Å². The quantitative estimate of drug-likeness (QED) is 0.799. The smallest absolute Gasteiger partial charge is 0.225 e. The van der Waals surface area contributed by atoms with Gasteiger partial charge >= 0.3 is 0 Å². The molecule has 1 amide bonds. The second kappa shape index (κ2) is 7.94. The second-order valence-electron chi connectivity index (χ2n) is 8.89. The number of hydrogen-bond donors (Lipinski definition) is 1. The van der Waals surface area contributed by atoms with Crippen molar-refractivity contribution in [3.63, 3.8) is 0 Å². The summed E-state index contributed by atoms with van der Waals surface area (Å²) >= 11 is 1.81. The summed E-state index contributed by atoms with van der Waals surface area (Å²) < 4.78 is 6.41. The third-order valence-electron chi connectivity index (χ3n) is 6.98. The Morgan fingerprint density at radius 1 is 1.23 bits per heavy atom. The Bertz CT molecular complexity index is 927. The van der Waals surface area contributed by atoms with Gasteiger partial charge in [0.15, 0.2) is 0 Å². The summed E-state index contributed by atoms with van der Waals surface area (Å²) in [5.74, 6) is 1.09. The molecule has 5 heterocycles. The van der Waals surface area contributed by atoms with Crippen LogP contribution in [-0.2, 0) is 21.6 Å². The van der Waals surface area contributed by atoms with Crippen molar-refractivity contribution in [2.24, 2.45) is 5.92 Å². The van der Waals surface area contributed by atoms with E-state index < -0.39 is 0 Å². The Kier molecular flexibility index (Phi) is 5.29. The van der Waals surface area contributed by atoms with Gasteiger partial charge in [-0.05, 0) is 69.6 Å². The number of aromatic nitrogens is 1. The van der Waals surface area contributed by atoms with E-state index in [2.05, 4.69) is 27.9 Å². The molecule has 3 aliphatic rings. The van der Waals surface area contributed by atoms with Crippen LogP contribution in [0, 0.1) is 5.92 Å². The van der Waals surface area contributed by atoms with Crippen LogP contribution in [0.2, 0.25) is 0 Å². The predicted molar refractivity (Wildman–Crippen MR) is 119 cm³/mol. The van der Waals surface area contributed by atoms with Crippen LogP contribution >= 0.6 is 11.3 Å². The van der Waals surface area contributed by atoms with Crippen LogP contribution in [-0.4, -0.2) is 60.5 Å². The number of fused-ring (bicyclic) bond motifs is 2. The summed E-state index contributed by atoms with van der Waals surface area (Å²) in [6.45, 7) is 4.37. The first kappa shape index (κ1) is 20.0. The number of carbonyl (C=O) groups is 1. The van der Waals surface area contributed by atoms with E-state index in [1.165, 1.54) is 10.4 Å². The minimum atomic E-state index is -0.258. The number of ether oxygens (including phenoxy) is 1. The van der Waals surface area contributed by atoms with Crippen LogP contribution in [0.5, 0.6) is 0 Å². The summed E-state index contributed by atoms with van der Waals surface area (Å²) in [6, 6.07) is 8.05. The number of thiophene rings is 1. The largest absolute Gasteiger partial charge is 0.384 e. The topological polar surface area (TPSA) is 71.7 Å². The zero-order chi connectivity index (χ0) is 20.7. The number of amides is 1. The van der Waals surface area contributed by atoms with E-state index in [1.807, 2.05) is 29.5 Å². The van der Waals surface area contributed by atoms with Crippen LogP contribution in [0.15, 0.2) is 24.3 Å². The lowest BCUT2D eigenvalue weighted by molar-refractivity contribution is -0.145. The molecule has 30 heavy (non-hydrogen) atoms. The number of nitrogens with zero attached hydrogens (tertiary/aromatic N) is 3. The average molecular weight is 427 g/mol. The zero-order valence-electron chi connectivity index (χ0n) is 17.6. The highest BCUT2D eigenvalue weighted by molar-refractivity contribution is 7.15. The molecule has 0 unspecified atom stereocenters. The predicted octanol–water partition coefficient (Wildman–Crippen LogP) is 3.12. The molecule has 2 N–H and O–H groups in total. The lowest BCUT2D eigenvalue weighted by atomic mass is 9.81. The SMILES string of the molecule is CN1CCC(C(=O)N2CCC3(CC2)OCCc2sc(-c4cccc(N)n4)cc23)CC1. The Labute approximate surface area is 182 Å². The van der Waals surface area contributed by atoms with E-state index >= 15 is 0 Å². The Morgan fingerprint density at radius 2 is 2.00 bits per heavy atom. The Morgan fingerprint density at radius 3 is 2.73 bits per heavy atom. The van der Waals surface area contributed by atoms with E-state index in [0.29, 0.717) is 11.7 Å². The average Bonchev–Trinajstić information content (AvgIpc) is 3.21. The van der Waals surface area contributed by atoms with E-state index in [9.17, 15) is 4.79 Å². The summed E-state index contributed by atoms with van der Waals surface area (Å²) in [4.78, 5) is 24.5. The number of carbonyl (C=O) groups excluding carboxylic acids is 1. The number of anilines is 1. The lowest BCUT2D eigenvalue weighted by Gasteiger charge is -2.45. The molecule has 0 atom stereocenters. The molecule has 2 aromatic rings. The minimum Gasteiger partial charge on any atom is -0.384 e. The summed E-state index contributed by atoms with van der Waals surface area (Å²) in [7, 11) is 2.14. The molecule has 0 saturated carbocycles. The number of likely N-dealkylation sites (tertiary alicyclic amines) is 2. The maximum absolute atomic E-state index is 13.0. The highest BCUT2D eigenvalue weighted by Gasteiger charge is 2.43. The van der Waals surface area contributed by atoms with E-state index in [4.69, 9.17) is 10.5 Å². The molecule has 5 rings (SSSR count). The van der Waals surface area contributed by atoms with Crippen molar-refractivity contribution in [2.45, 2.75) is 37.7 Å². The van der Waals surface area contributed by atoms with E-state index in [-0.39, 0.29) is 11.5 Å². The fraction of sp³-hybridized carbons (Fsp3) is 0.565. The first-order chi connectivity index (χ1) is 14.5. The molecule has 2 aromatic heterocycles. The van der Waals surface area contributed by atoms with Crippen molar-refractivity contribution in [3.05, 3.63) is 34.7 Å². The molecule has 0 aromatic carbocycles. The van der Waals surface area contributed by atoms with Gasteiger partial charge in [-0.2, -0.15) is 0 Å². The second-order valence-corrected chi connectivity index (χ2v) is 10.0. The maximum Gasteiger partial charge on any atom is 0.225 e. The highest BCUT2D eigenvalue weighted by Crippen LogP contribution is 2.46. The summed E-state index contributed by atoms with van der Waals surface area (Å²) in [5, 5.41) is 0. The Balaban J connectivity index is 1.32. The van der Waals surface area contributed by atoms with Crippen molar-refractivity contribution >= 4 is 23.1 Å². The molecule has 3 aliphatic heterocycles. The van der Waals surface area contributed by atoms with E-state index in [0.717, 1.165) is 75.5 Å². The van der Waals surface area contributed by atoms with Gasteiger partial charge in [-0.25, -0.2) is 4.98 Å². The standard InChI is InChI=1S/C23H30N4O2S/c1-26-10-5-16(6-11-26)22(28)27-12-8-23(9-13-27)17-15-20(30-19(17)7-14-29-23)18-3-2-4-21(24)25-18/h2-4,15-16H,5-14H2,1H3,(H2,24,25). The molecular weight excluding hydrogens is 396 g/mol. The van der Waals surface area contributed by atoms with Gasteiger partial charge < -0.3 is 20.3 Å². The van der Waals surface area contributed by atoms with Crippen molar-refractivity contribution in [2.75, 3.05) is 45.6 Å². The number of rotatable bonds is 2. The van der Waals surface area contributed by atoms with Crippen molar-refractivity contribution in [1.82, 2.24) is 14.8 Å². The maximum atomic E-state index is 13.0. The van der Waals surface area contributed by atoms with Crippen LogP contribution < -0.4 is 5.73 Å². The van der Waals surface area contributed by atoms with Gasteiger partial charge in [0, 0.05) is 30.3 Å². The van der Waals surface area contributed by atoms with Gasteiger partial charge in [-0.15, -0.1) is 11.3 Å². The van der Waals surface area contributed by atoms with Crippen molar-refractivity contribution in [1.29, 1.82) is 0 Å². The molecule has 160 valence electrons. The molecule has 0 aliphatic carbocycles. The molecular formula is C23H30N4O2S. The third-order valence-corrected chi connectivity index (χ3v) is 8.20. The van der Waals surface area contributed by atoms with E-state index in [1.54, 1.807) is 0 Å². The number of pyridine rings is 1. The van der Waals surface area contributed by atoms with Gasteiger partial charge in [0.2, 0.25) is 5.91 Å². The fourth-order valence-electron chi connectivity index (χ4n) is 5.15. The molecule has 2 saturated heterocycles. The molecule has 7 heteroatoms. The highest BCUT2D eigenvalue weighted by atomic mass is 32.1. The van der Waals surface area contributed by atoms with Crippen LogP contribution in [0.1, 0.15) is 36.1 Å². The number of piperidine rings is 2. The van der Waals surface area contributed by atoms with Crippen LogP contribution in [0.3, 0.4) is 0 Å². The zero-order valence-corrected chi connectivity index (χ0v) is 18.4. The van der Waals surface area contributed by atoms with Gasteiger partial charge in [0.1, 0.15) is 5.82 Å². The number of nitrogens with two attached hydrogens (primary N) is 1. The monoisotopic (exact) mass is 426 g/mol. The minimum absolute atomic E-state index is 0.195. The molecule has 0 bridgehead atoms. The number of hydrogen-bond acceptors (Lipinski definition) is 6. The van der Waals surface area contributed by atoms with Crippen molar-refractivity contribution in [3.8, 4) is 10.6 Å². The normalized spacial score (nSPS) is 22.2. The van der Waals surface area contributed by atoms with Gasteiger partial charge in [-0.3, -0.25) is 4.79 Å². The first-order valence-electron chi connectivity index (χ1n) is 11.0. The fourth-order valence-corrected chi connectivity index (χ4v) is 6.35. The lowest BCUT2D eigenvalue weighted by Crippen LogP contribution is -2.50. The van der Waals surface area contributed by atoms with Gasteiger partial charge in [-0.1, -0.05) is 6.07 Å². The molecule has 6 nitrogen and oxygen atoms in total. The first-order valence-corrected chi connectivity index (χ1v) is 11.8. The van der Waals surface area contributed by atoms with Crippen molar-refractivity contribution < 1.29 is 9.53 Å². The molecule has 2 fully saturated rings.